The first kappa shape index (κ1) is 29.1. The van der Waals surface area contributed by atoms with E-state index in [0.717, 1.165) is 16.3 Å². The van der Waals surface area contributed by atoms with Gasteiger partial charge in [0, 0.05) is 32.2 Å². The molecule has 0 radical (unpaired) electrons. The zero-order valence-electron chi connectivity index (χ0n) is 22.1. The van der Waals surface area contributed by atoms with Crippen molar-refractivity contribution in [2.24, 2.45) is 0 Å². The maximum Gasteiger partial charge on any atom is 0.426 e. The minimum Gasteiger partial charge on any atom is -0.443 e. The van der Waals surface area contributed by atoms with E-state index in [1.807, 2.05) is 9.80 Å². The quantitative estimate of drug-likeness (QED) is 0.257. The van der Waals surface area contributed by atoms with Gasteiger partial charge in [-0.05, 0) is 68.6 Å². The lowest BCUT2D eigenvalue weighted by Gasteiger charge is -2.36. The number of thiophene rings is 1. The molecule has 4 rings (SSSR count). The Morgan fingerprint density at radius 3 is 2.52 bits per heavy atom. The molecule has 2 aliphatic rings. The van der Waals surface area contributed by atoms with Gasteiger partial charge in [0.2, 0.25) is 0 Å². The molecule has 40 heavy (non-hydrogen) atoms. The minimum atomic E-state index is -0.698. The third kappa shape index (κ3) is 7.38. The number of anilines is 3. The van der Waals surface area contributed by atoms with Crippen molar-refractivity contribution in [3.8, 4) is 0 Å². The van der Waals surface area contributed by atoms with Crippen molar-refractivity contribution < 1.29 is 28.4 Å². The van der Waals surface area contributed by atoms with Crippen LogP contribution in [0, 0.1) is 15.9 Å². The van der Waals surface area contributed by atoms with Crippen LogP contribution in [0.2, 0.25) is 0 Å². The second-order valence-corrected chi connectivity index (χ2v) is 11.5. The molecule has 1 aromatic carbocycles. The minimum absolute atomic E-state index is 0.0899. The Bertz CT molecular complexity index is 1280. The molecule has 13 nitrogen and oxygen atoms in total. The first-order valence-electron chi connectivity index (χ1n) is 12.4. The number of amides is 2. The summed E-state index contributed by atoms with van der Waals surface area (Å²) < 4.78 is 25.6. The fourth-order valence-electron chi connectivity index (χ4n) is 4.17. The fraction of sp³-hybridized carbons (Fsp3) is 0.458. The first-order chi connectivity index (χ1) is 18.9. The van der Waals surface area contributed by atoms with Gasteiger partial charge in [-0.3, -0.25) is 20.4 Å². The Hall–Kier alpha value is -3.92. The summed E-state index contributed by atoms with van der Waals surface area (Å²) in [5, 5.41) is 14.8. The average molecular weight is 596 g/mol. The van der Waals surface area contributed by atoms with Crippen molar-refractivity contribution in [2.45, 2.75) is 32.5 Å². The van der Waals surface area contributed by atoms with Crippen molar-refractivity contribution in [2.75, 3.05) is 54.0 Å². The second-order valence-electron chi connectivity index (χ2n) is 10.1. The number of ether oxygens (including phenoxy) is 2. The molecular formula is C24H30FN7O6S2. The Morgan fingerprint density at radius 2 is 1.90 bits per heavy atom. The second kappa shape index (κ2) is 12.1. The molecule has 0 bridgehead atoms. The van der Waals surface area contributed by atoms with E-state index in [0.29, 0.717) is 37.6 Å². The zero-order chi connectivity index (χ0) is 29.0. The van der Waals surface area contributed by atoms with Crippen molar-refractivity contribution in [1.29, 1.82) is 0 Å². The maximum absolute atomic E-state index is 15.1. The van der Waals surface area contributed by atoms with Gasteiger partial charge >= 0.3 is 17.2 Å². The Balaban J connectivity index is 1.26. The molecule has 0 aliphatic carbocycles. The number of cyclic esters (lactones) is 1. The van der Waals surface area contributed by atoms with E-state index in [2.05, 4.69) is 16.2 Å². The van der Waals surface area contributed by atoms with E-state index in [1.54, 1.807) is 39.0 Å². The van der Waals surface area contributed by atoms with Crippen molar-refractivity contribution in [1.82, 2.24) is 16.2 Å². The monoisotopic (exact) mass is 595 g/mol. The van der Waals surface area contributed by atoms with Crippen LogP contribution in [-0.4, -0.2) is 73.2 Å². The van der Waals surface area contributed by atoms with Crippen LogP contribution in [0.5, 0.6) is 0 Å². The maximum atomic E-state index is 15.1. The molecule has 2 aromatic rings. The standard InChI is InChI=1S/C24H30FN7O6S2/c1-24(2,3)38-22(33)28-27-21(39)26-13-16-14-31(23(34)37-16)15-4-5-18(17(25)12-15)29-8-10-30(11-9-29)19-6-7-20(40-19)32(35)36/h4-7,12,16H,8-11,13-14H2,1-3H3,(H,28,33)(H2,26,27,39)/t16-/m0/s1. The summed E-state index contributed by atoms with van der Waals surface area (Å²) in [5.74, 6) is -0.467. The summed E-state index contributed by atoms with van der Waals surface area (Å²) in [6, 6.07) is 7.83. The lowest BCUT2D eigenvalue weighted by molar-refractivity contribution is -0.380. The van der Waals surface area contributed by atoms with Gasteiger partial charge < -0.3 is 24.6 Å². The van der Waals surface area contributed by atoms with Crippen LogP contribution < -0.4 is 30.9 Å². The van der Waals surface area contributed by atoms with Gasteiger partial charge in [-0.1, -0.05) is 0 Å². The van der Waals surface area contributed by atoms with Crippen LogP contribution in [-0.2, 0) is 9.47 Å². The molecule has 1 atom stereocenters. The predicted molar refractivity (Wildman–Crippen MR) is 153 cm³/mol. The van der Waals surface area contributed by atoms with Gasteiger partial charge in [0.05, 0.1) is 34.4 Å². The molecule has 1 aromatic heterocycles. The number of nitrogens with zero attached hydrogens (tertiary/aromatic N) is 4. The van der Waals surface area contributed by atoms with Crippen molar-refractivity contribution >= 4 is 62.2 Å². The first-order valence-corrected chi connectivity index (χ1v) is 13.7. The van der Waals surface area contributed by atoms with Gasteiger partial charge in [0.15, 0.2) is 5.11 Å². The molecule has 216 valence electrons. The summed E-state index contributed by atoms with van der Waals surface area (Å²) in [7, 11) is 0. The van der Waals surface area contributed by atoms with E-state index in [4.69, 9.17) is 21.7 Å². The predicted octanol–water partition coefficient (Wildman–Crippen LogP) is 3.35. The Morgan fingerprint density at radius 1 is 1.20 bits per heavy atom. The molecular weight excluding hydrogens is 565 g/mol. The van der Waals surface area contributed by atoms with Gasteiger partial charge in [0.1, 0.15) is 17.5 Å². The van der Waals surface area contributed by atoms with E-state index >= 15 is 4.39 Å². The van der Waals surface area contributed by atoms with Gasteiger partial charge in [-0.2, -0.15) is 0 Å². The number of hydrazine groups is 1. The van der Waals surface area contributed by atoms with Crippen molar-refractivity contribution in [3.63, 3.8) is 0 Å². The Kier molecular flexibility index (Phi) is 8.78. The highest BCUT2D eigenvalue weighted by Crippen LogP contribution is 2.33. The summed E-state index contributed by atoms with van der Waals surface area (Å²) in [4.78, 5) is 40.0. The SMILES string of the molecule is CC(C)(C)OC(=O)NNC(=S)NC[C@H]1CN(c2ccc(N3CCN(c4ccc([N+](=O)[O-])s4)CC3)c(F)c2)C(=O)O1. The van der Waals surface area contributed by atoms with Crippen LogP contribution in [0.15, 0.2) is 30.3 Å². The molecule has 2 aliphatic heterocycles. The van der Waals surface area contributed by atoms with Gasteiger partial charge in [-0.25, -0.2) is 19.4 Å². The van der Waals surface area contributed by atoms with Crippen LogP contribution in [0.1, 0.15) is 20.8 Å². The molecule has 0 saturated carbocycles. The van der Waals surface area contributed by atoms with E-state index < -0.39 is 34.6 Å². The molecule has 2 saturated heterocycles. The molecule has 3 N–H and O–H groups in total. The van der Waals surface area contributed by atoms with E-state index in [-0.39, 0.29) is 23.2 Å². The van der Waals surface area contributed by atoms with Crippen LogP contribution >= 0.6 is 23.6 Å². The molecule has 0 spiro atoms. The number of piperazine rings is 1. The largest absolute Gasteiger partial charge is 0.443 e. The highest BCUT2D eigenvalue weighted by molar-refractivity contribution is 7.80. The third-order valence-electron chi connectivity index (χ3n) is 5.97. The zero-order valence-corrected chi connectivity index (χ0v) is 23.8. The summed E-state index contributed by atoms with van der Waals surface area (Å²) in [6.45, 7) is 7.81. The van der Waals surface area contributed by atoms with Crippen LogP contribution in [0.3, 0.4) is 0 Å². The molecule has 2 fully saturated rings. The van der Waals surface area contributed by atoms with E-state index in [1.165, 1.54) is 17.0 Å². The number of rotatable bonds is 6. The number of nitro groups is 1. The third-order valence-corrected chi connectivity index (χ3v) is 7.32. The summed E-state index contributed by atoms with van der Waals surface area (Å²) in [6.07, 6.45) is -1.86. The number of carbonyl (C=O) groups is 2. The number of nitrogens with one attached hydrogen (secondary N) is 3. The van der Waals surface area contributed by atoms with Gasteiger partial charge in [0.25, 0.3) is 0 Å². The van der Waals surface area contributed by atoms with Gasteiger partial charge in [-0.15, -0.1) is 0 Å². The summed E-state index contributed by atoms with van der Waals surface area (Å²) >= 11 is 6.23. The van der Waals surface area contributed by atoms with Crippen LogP contribution in [0.25, 0.3) is 0 Å². The fourth-order valence-corrected chi connectivity index (χ4v) is 5.18. The highest BCUT2D eigenvalue weighted by atomic mass is 32.1. The normalized spacial score (nSPS) is 17.4. The highest BCUT2D eigenvalue weighted by Gasteiger charge is 2.33. The molecule has 16 heteroatoms. The van der Waals surface area contributed by atoms with Crippen molar-refractivity contribution in [3.05, 3.63) is 46.3 Å². The lowest BCUT2D eigenvalue weighted by Crippen LogP contribution is -2.49. The molecule has 3 heterocycles. The molecule has 0 unspecified atom stereocenters. The number of carbonyl (C=O) groups excluding carboxylic acids is 2. The van der Waals surface area contributed by atoms with E-state index in [9.17, 15) is 19.7 Å². The average Bonchev–Trinajstić information content (AvgIpc) is 3.53. The molecule has 2 amide bonds. The summed E-state index contributed by atoms with van der Waals surface area (Å²) in [5.41, 5.74) is 4.93. The topological polar surface area (TPSA) is 142 Å². The number of hydrogen-bond acceptors (Lipinski definition) is 10. The number of hydrogen-bond donors (Lipinski definition) is 3. The smallest absolute Gasteiger partial charge is 0.426 e. The number of benzene rings is 1. The lowest BCUT2D eigenvalue weighted by atomic mass is 10.2. The number of halogens is 1. The van der Waals surface area contributed by atoms with Crippen LogP contribution in [0.4, 0.5) is 35.4 Å². The number of thiocarbonyl (C=S) groups is 1. The Labute approximate surface area is 239 Å².